The van der Waals surface area contributed by atoms with E-state index in [-0.39, 0.29) is 201 Å². The van der Waals surface area contributed by atoms with Crippen molar-refractivity contribution >= 4 is 61.0 Å². The number of carbonyl (C=O) groups excluding carboxylic acids is 2. The van der Waals surface area contributed by atoms with Crippen molar-refractivity contribution in [2.75, 3.05) is 6.61 Å². The van der Waals surface area contributed by atoms with Crippen LogP contribution in [0.15, 0.2) is 0 Å². The molecular weight excluding hydrogens is 766 g/mol. The fourth-order valence-corrected chi connectivity index (χ4v) is 3.29. The van der Waals surface area contributed by atoms with Gasteiger partial charge in [-0.2, -0.15) is 12.7 Å². The first-order chi connectivity index (χ1) is 14.5. The fraction of sp³-hybridized carbons (Fsp3) is 0.818. The number of aliphatic hydroxyl groups excluding tert-OH is 5. The number of rotatable bonds is 11. The maximum atomic E-state index is 11.9. The Morgan fingerprint density at radius 1 is 0.841 bits per heavy atom. The molecule has 33 heteroatoms. The Labute approximate surface area is 380 Å². The van der Waals surface area contributed by atoms with E-state index in [0.29, 0.717) is 0 Å². The summed E-state index contributed by atoms with van der Waals surface area (Å²) in [6.45, 7) is 1.62. The SMILES string of the molecule is CC(C)[C@H](NC(=O)[C@H](O)[C@@H](O)[C@H](O)[C@H](O)CO)C(=O)OP(=O)(O)OP(=O)(O)O.O.O.O.O.O.O.O.O=S(=O)(O)O.[H-].[H-].[H-].[H-].[H-].[K+].[K+].[Mg+2].[Na+]. The average molecular weight is 810 g/mol. The third-order valence-corrected chi connectivity index (χ3v) is 5.24. The van der Waals surface area contributed by atoms with Crippen LogP contribution in [0.5, 0.6) is 0 Å². The van der Waals surface area contributed by atoms with Crippen LogP contribution in [0.1, 0.15) is 21.0 Å². The Hall–Kier alpha value is 3.67. The summed E-state index contributed by atoms with van der Waals surface area (Å²) >= 11 is 0. The van der Waals surface area contributed by atoms with Gasteiger partial charge in [-0.15, -0.1) is 0 Å². The van der Waals surface area contributed by atoms with Gasteiger partial charge in [0.05, 0.1) is 6.61 Å². The molecule has 0 saturated carbocycles. The van der Waals surface area contributed by atoms with Crippen LogP contribution < -0.4 is 138 Å². The maximum absolute atomic E-state index is 11.9. The molecule has 6 atom stereocenters. The number of phosphoric acid groups is 2. The summed E-state index contributed by atoms with van der Waals surface area (Å²) < 4.78 is 61.0. The number of hydrogen-bond donors (Lipinski definition) is 11. The number of phosphoric ester groups is 1. The fourth-order valence-electron chi connectivity index (χ4n) is 1.74. The third-order valence-electron chi connectivity index (χ3n) is 3.16. The molecule has 0 aromatic heterocycles. The van der Waals surface area contributed by atoms with Gasteiger partial charge in [-0.3, -0.25) is 18.8 Å². The Morgan fingerprint density at radius 3 is 1.41 bits per heavy atom. The van der Waals surface area contributed by atoms with Crippen molar-refractivity contribution < 1.29 is 263 Å². The van der Waals surface area contributed by atoms with Crippen LogP contribution in [-0.2, 0) is 38.0 Å². The zero-order valence-electron chi connectivity index (χ0n) is 28.9. The molecule has 25 N–H and O–H groups in total. The molecule has 26 nitrogen and oxygen atoms in total. The van der Waals surface area contributed by atoms with Gasteiger partial charge in [0.1, 0.15) is 24.4 Å². The van der Waals surface area contributed by atoms with Crippen LogP contribution in [0, 0.1) is 5.92 Å². The van der Waals surface area contributed by atoms with Gasteiger partial charge in [0.2, 0.25) is 0 Å². The van der Waals surface area contributed by atoms with Gasteiger partial charge in [-0.05, 0) is 5.92 Å². The molecule has 0 saturated heterocycles. The molecule has 1 amide bonds. The minimum Gasteiger partial charge on any atom is -1.00 e. The largest absolute Gasteiger partial charge is 2.00 e. The zero-order chi connectivity index (χ0) is 26.9. The second-order valence-electron chi connectivity index (χ2n) is 6.31. The molecule has 44 heavy (non-hydrogen) atoms. The van der Waals surface area contributed by atoms with E-state index >= 15 is 0 Å². The van der Waals surface area contributed by atoms with Gasteiger partial charge in [0, 0.05) is 0 Å². The summed E-state index contributed by atoms with van der Waals surface area (Å²) in [5.74, 6) is -4.00. The summed E-state index contributed by atoms with van der Waals surface area (Å²) in [6.07, 6.45) is -8.72. The number of aliphatic hydroxyl groups is 5. The first-order valence-corrected chi connectivity index (χ1v) is 12.6. The van der Waals surface area contributed by atoms with E-state index < -0.39 is 80.9 Å². The van der Waals surface area contributed by atoms with Gasteiger partial charge in [-0.25, -0.2) is 13.9 Å². The minimum atomic E-state index is -5.56. The standard InChI is InChI=1S/C11H23NO14P2.2K.Mg.Na.H2O4S.7H2O.5H/c1-4(2)6(11(19)25-28(23,24)26-27(20,21)22)12-10(18)9(17)8(16)7(15)5(14)3-13;;;;;1-5(2,3)4;;;;;;;;;;;;/h4-9,13-17H,3H2,1-2H3,(H,12,18)(H,23,24)(H2,20,21,22);;;;;(H2,1,2,3,4);7*1H2;;;;;/q;2*+1;+2;+1;;;;;;;;;5*-1/t5-,6+,7-,8+,9-;;;;;;;;;;;;;;;;;/m1................./s1. The summed E-state index contributed by atoms with van der Waals surface area (Å²) in [6, 6.07) is -1.75. The molecule has 0 aromatic rings. The topological polar surface area (TPSA) is 556 Å². The maximum Gasteiger partial charge on any atom is 2.00 e. The van der Waals surface area contributed by atoms with Crippen LogP contribution in [0.25, 0.3) is 0 Å². The first kappa shape index (κ1) is 86.4. The van der Waals surface area contributed by atoms with Crippen molar-refractivity contribution in [3.63, 3.8) is 0 Å². The van der Waals surface area contributed by atoms with E-state index in [9.17, 15) is 39.1 Å². The van der Waals surface area contributed by atoms with Crippen molar-refractivity contribution in [2.45, 2.75) is 44.3 Å². The Kier molecular flexibility index (Phi) is 77.5. The summed E-state index contributed by atoms with van der Waals surface area (Å²) in [5, 5.41) is 48.5. The van der Waals surface area contributed by atoms with Gasteiger partial charge < -0.3 is 90.6 Å². The van der Waals surface area contributed by atoms with Crippen LogP contribution in [0.2, 0.25) is 0 Å². The molecular formula is C11H44K2MgNNaO25P2S. The van der Waals surface area contributed by atoms with Crippen LogP contribution in [0.4, 0.5) is 0 Å². The molecule has 0 fully saturated rings. The first-order valence-electron chi connectivity index (χ1n) is 8.19. The average Bonchev–Trinajstić information content (AvgIpc) is 2.58. The summed E-state index contributed by atoms with van der Waals surface area (Å²) in [4.78, 5) is 50.0. The van der Waals surface area contributed by atoms with E-state index in [4.69, 9.17) is 37.3 Å². The molecule has 0 aromatic carbocycles. The zero-order valence-corrected chi connectivity index (χ0v) is 36.2. The van der Waals surface area contributed by atoms with E-state index in [1.165, 1.54) is 13.8 Å². The van der Waals surface area contributed by atoms with E-state index in [1.807, 2.05) is 5.32 Å². The van der Waals surface area contributed by atoms with E-state index in [1.54, 1.807) is 0 Å². The molecule has 0 bridgehead atoms. The van der Waals surface area contributed by atoms with Crippen LogP contribution >= 0.6 is 15.6 Å². The second kappa shape index (κ2) is 39.5. The van der Waals surface area contributed by atoms with Crippen LogP contribution in [0.3, 0.4) is 0 Å². The molecule has 0 rings (SSSR count). The second-order valence-corrected chi connectivity index (χ2v) is 9.95. The molecule has 0 aliphatic heterocycles. The normalized spacial score (nSPS) is 13.9. The number of nitrogens with one attached hydrogen (secondary N) is 1. The van der Waals surface area contributed by atoms with E-state index in [2.05, 4.69) is 8.83 Å². The van der Waals surface area contributed by atoms with Crippen molar-refractivity contribution in [1.29, 1.82) is 0 Å². The van der Waals surface area contributed by atoms with Gasteiger partial charge in [0.25, 0.3) is 5.91 Å². The van der Waals surface area contributed by atoms with Crippen molar-refractivity contribution in [3.05, 3.63) is 0 Å². The number of amides is 1. The number of hydrogen-bond acceptors (Lipinski definition) is 13. The molecule has 0 heterocycles. The third kappa shape index (κ3) is 45.7. The molecule has 0 aliphatic rings. The Bertz CT molecular complexity index is 886. The van der Waals surface area contributed by atoms with E-state index in [0.717, 1.165) is 0 Å². The Balaban J connectivity index is -0.0000000267. The van der Waals surface area contributed by atoms with Crippen molar-refractivity contribution in [3.8, 4) is 0 Å². The molecule has 1 unspecified atom stereocenters. The predicted octanol–water partition coefficient (Wildman–Crippen LogP) is -18.9. The van der Waals surface area contributed by atoms with Gasteiger partial charge in [0.15, 0.2) is 6.10 Å². The summed E-state index contributed by atoms with van der Waals surface area (Å²) in [5.41, 5.74) is 0. The van der Waals surface area contributed by atoms with Gasteiger partial charge in [-0.1, -0.05) is 13.8 Å². The molecule has 0 radical (unpaired) electrons. The van der Waals surface area contributed by atoms with Crippen molar-refractivity contribution in [2.24, 2.45) is 5.92 Å². The van der Waals surface area contributed by atoms with Gasteiger partial charge >= 0.3 is 187 Å². The Morgan fingerprint density at radius 2 is 1.16 bits per heavy atom. The quantitative estimate of drug-likeness (QED) is 0.0524. The minimum absolute atomic E-state index is 0. The van der Waals surface area contributed by atoms with Crippen molar-refractivity contribution in [1.82, 2.24) is 5.32 Å². The molecule has 0 spiro atoms. The summed E-state index contributed by atoms with van der Waals surface area (Å²) in [7, 11) is -15.7. The molecule has 264 valence electrons. The monoisotopic (exact) mass is 809 g/mol. The number of carbonyl (C=O) groups is 2. The van der Waals surface area contributed by atoms with Crippen LogP contribution in [-0.4, -0.2) is 168 Å². The smallest absolute Gasteiger partial charge is 1.00 e. The predicted molar refractivity (Wildman–Crippen MR) is 138 cm³/mol. The molecule has 0 aliphatic carbocycles.